The Morgan fingerprint density at radius 3 is 2.53 bits per heavy atom. The molecule has 94 valence electrons. The first-order valence-electron chi connectivity index (χ1n) is 4.38. The van der Waals surface area contributed by atoms with E-state index in [4.69, 9.17) is 27.0 Å². The number of halogens is 3. The zero-order valence-corrected chi connectivity index (χ0v) is 12.5. The molecule has 0 N–H and O–H groups in total. The highest BCUT2D eigenvalue weighted by Gasteiger charge is 2.22. The number of benzene rings is 1. The van der Waals surface area contributed by atoms with Crippen molar-refractivity contribution in [1.29, 1.82) is 0 Å². The molecule has 4 nitrogen and oxygen atoms in total. The molecule has 0 radical (unpaired) electrons. The summed E-state index contributed by atoms with van der Waals surface area (Å²) in [7, 11) is 1.18. The molecule has 0 fully saturated rings. The first-order chi connectivity index (χ1) is 7.77. The Kier molecular flexibility index (Phi) is 4.83. The number of carbonyl (C=O) groups is 1. The van der Waals surface area contributed by atoms with Crippen molar-refractivity contribution in [2.75, 3.05) is 6.61 Å². The predicted molar refractivity (Wildman–Crippen MR) is 68.1 cm³/mol. The third kappa shape index (κ3) is 3.58. The summed E-state index contributed by atoms with van der Waals surface area (Å²) in [5.74, 6) is -0.708. The van der Waals surface area contributed by atoms with Gasteiger partial charge in [-0.05, 0) is 19.1 Å². The molecular formula is C9H7BrCl2O4S. The minimum atomic E-state index is -4.02. The molecule has 0 unspecified atom stereocenters. The van der Waals surface area contributed by atoms with Crippen LogP contribution in [-0.2, 0) is 13.8 Å². The van der Waals surface area contributed by atoms with Crippen LogP contribution >= 0.6 is 38.2 Å². The molecular weight excluding hydrogens is 355 g/mol. The maximum Gasteiger partial charge on any atom is 0.339 e. The van der Waals surface area contributed by atoms with Crippen molar-refractivity contribution in [3.63, 3.8) is 0 Å². The molecule has 17 heavy (non-hydrogen) atoms. The molecule has 0 bridgehead atoms. The number of esters is 1. The molecule has 0 aliphatic rings. The summed E-state index contributed by atoms with van der Waals surface area (Å²) in [6.45, 7) is 1.79. The minimum Gasteiger partial charge on any atom is -0.462 e. The van der Waals surface area contributed by atoms with E-state index in [1.807, 2.05) is 0 Å². The molecule has 0 spiro atoms. The van der Waals surface area contributed by atoms with Gasteiger partial charge in [0.15, 0.2) is 0 Å². The Morgan fingerprint density at radius 1 is 1.47 bits per heavy atom. The second-order valence-electron chi connectivity index (χ2n) is 2.92. The second-order valence-corrected chi connectivity index (χ2v) is 6.75. The van der Waals surface area contributed by atoms with Crippen LogP contribution in [0.4, 0.5) is 0 Å². The third-order valence-corrected chi connectivity index (χ3v) is 4.09. The highest BCUT2D eigenvalue weighted by molar-refractivity contribution is 9.10. The largest absolute Gasteiger partial charge is 0.462 e. The number of carbonyl (C=O) groups excluding carboxylic acids is 1. The molecule has 0 atom stereocenters. The van der Waals surface area contributed by atoms with Crippen molar-refractivity contribution < 1.29 is 17.9 Å². The van der Waals surface area contributed by atoms with Gasteiger partial charge in [-0.15, -0.1) is 0 Å². The Hall–Kier alpha value is -0.300. The first-order valence-corrected chi connectivity index (χ1v) is 7.86. The van der Waals surface area contributed by atoms with E-state index in [1.165, 1.54) is 12.1 Å². The Balaban J connectivity index is 3.44. The van der Waals surface area contributed by atoms with Gasteiger partial charge in [-0.1, -0.05) is 27.5 Å². The number of ether oxygens (including phenoxy) is 1. The minimum absolute atomic E-state index is 0.0536. The third-order valence-electron chi connectivity index (χ3n) is 1.76. The molecule has 1 rings (SSSR count). The summed E-state index contributed by atoms with van der Waals surface area (Å²) in [5, 5.41) is -0.248. The predicted octanol–water partition coefficient (Wildman–Crippen LogP) is 3.21. The van der Waals surface area contributed by atoms with Crippen LogP contribution < -0.4 is 0 Å². The van der Waals surface area contributed by atoms with Crippen LogP contribution in [0, 0.1) is 0 Å². The van der Waals surface area contributed by atoms with E-state index in [1.54, 1.807) is 6.92 Å². The molecule has 1 aromatic rings. The lowest BCUT2D eigenvalue weighted by Gasteiger charge is -2.08. The molecule has 0 aliphatic heterocycles. The summed E-state index contributed by atoms with van der Waals surface area (Å²) in [6.07, 6.45) is 0. The van der Waals surface area contributed by atoms with E-state index in [0.717, 1.165) is 0 Å². The highest BCUT2D eigenvalue weighted by atomic mass is 79.9. The van der Waals surface area contributed by atoms with Crippen LogP contribution in [0.15, 0.2) is 21.5 Å². The zero-order valence-electron chi connectivity index (χ0n) is 8.54. The lowest BCUT2D eigenvalue weighted by atomic mass is 10.2. The van der Waals surface area contributed by atoms with E-state index in [-0.39, 0.29) is 22.1 Å². The topological polar surface area (TPSA) is 60.4 Å². The quantitative estimate of drug-likeness (QED) is 0.612. The molecule has 0 saturated carbocycles. The maximum absolute atomic E-state index is 11.5. The summed E-state index contributed by atoms with van der Waals surface area (Å²) in [6, 6.07) is 2.58. The van der Waals surface area contributed by atoms with E-state index in [9.17, 15) is 13.2 Å². The lowest BCUT2D eigenvalue weighted by molar-refractivity contribution is 0.0526. The zero-order chi connectivity index (χ0) is 13.2. The van der Waals surface area contributed by atoms with Crippen molar-refractivity contribution in [3.05, 3.63) is 27.2 Å². The van der Waals surface area contributed by atoms with Crippen LogP contribution in [0.1, 0.15) is 17.3 Å². The van der Waals surface area contributed by atoms with Crippen molar-refractivity contribution in [1.82, 2.24) is 0 Å². The van der Waals surface area contributed by atoms with Crippen molar-refractivity contribution >= 4 is 53.2 Å². The van der Waals surface area contributed by atoms with Gasteiger partial charge in [0.05, 0.1) is 17.2 Å². The van der Waals surface area contributed by atoms with Crippen LogP contribution in [0.5, 0.6) is 0 Å². The second kappa shape index (κ2) is 5.56. The van der Waals surface area contributed by atoms with Gasteiger partial charge < -0.3 is 4.74 Å². The first kappa shape index (κ1) is 14.8. The van der Waals surface area contributed by atoms with E-state index in [2.05, 4.69) is 15.9 Å². The summed E-state index contributed by atoms with van der Waals surface area (Å²) in [4.78, 5) is 11.2. The van der Waals surface area contributed by atoms with Crippen molar-refractivity contribution in [2.45, 2.75) is 11.8 Å². The van der Waals surface area contributed by atoms with Crippen molar-refractivity contribution in [3.8, 4) is 0 Å². The van der Waals surface area contributed by atoms with Crippen LogP contribution in [0.3, 0.4) is 0 Å². The van der Waals surface area contributed by atoms with E-state index >= 15 is 0 Å². The fourth-order valence-electron chi connectivity index (χ4n) is 1.10. The van der Waals surface area contributed by atoms with Gasteiger partial charge in [-0.3, -0.25) is 0 Å². The monoisotopic (exact) mass is 360 g/mol. The van der Waals surface area contributed by atoms with Gasteiger partial charge >= 0.3 is 5.97 Å². The van der Waals surface area contributed by atoms with Gasteiger partial charge in [-0.2, -0.15) is 0 Å². The molecule has 0 heterocycles. The molecule has 1 aromatic carbocycles. The molecule has 8 heteroatoms. The molecule has 0 amide bonds. The summed E-state index contributed by atoms with van der Waals surface area (Å²) in [5.41, 5.74) is -0.0536. The van der Waals surface area contributed by atoms with Crippen LogP contribution in [-0.4, -0.2) is 21.0 Å². The highest BCUT2D eigenvalue weighted by Crippen LogP contribution is 2.32. The normalized spacial score (nSPS) is 11.3. The van der Waals surface area contributed by atoms with E-state index < -0.39 is 15.0 Å². The Labute approximate surface area is 116 Å². The van der Waals surface area contributed by atoms with Crippen LogP contribution in [0.25, 0.3) is 0 Å². The fourth-order valence-corrected chi connectivity index (χ4v) is 3.27. The molecule has 0 saturated heterocycles. The Bertz CT molecular complexity index is 556. The number of hydrogen-bond acceptors (Lipinski definition) is 4. The molecule has 0 aromatic heterocycles. The smallest absolute Gasteiger partial charge is 0.339 e. The Morgan fingerprint density at radius 2 is 2.06 bits per heavy atom. The molecule has 0 aliphatic carbocycles. The fraction of sp³-hybridized carbons (Fsp3) is 0.222. The number of hydrogen-bond donors (Lipinski definition) is 0. The standard InChI is InChI=1S/C9H7BrCl2O4S/c1-2-16-9(13)6-3-5(10)4-7(8(6)11)17(12,14)15/h3-4H,2H2,1H3. The van der Waals surface area contributed by atoms with Gasteiger partial charge in [0, 0.05) is 15.2 Å². The van der Waals surface area contributed by atoms with Gasteiger partial charge in [0.1, 0.15) is 4.90 Å². The lowest BCUT2D eigenvalue weighted by Crippen LogP contribution is -2.07. The summed E-state index contributed by atoms with van der Waals surface area (Å²) >= 11 is 8.88. The van der Waals surface area contributed by atoms with Gasteiger partial charge in [0.25, 0.3) is 9.05 Å². The average molecular weight is 362 g/mol. The van der Waals surface area contributed by atoms with Crippen molar-refractivity contribution in [2.24, 2.45) is 0 Å². The van der Waals surface area contributed by atoms with Gasteiger partial charge in [-0.25, -0.2) is 13.2 Å². The average Bonchev–Trinajstić information content (AvgIpc) is 2.19. The number of rotatable bonds is 3. The SMILES string of the molecule is CCOC(=O)c1cc(Br)cc(S(=O)(=O)Cl)c1Cl. The van der Waals surface area contributed by atoms with Crippen LogP contribution in [0.2, 0.25) is 5.02 Å². The summed E-state index contributed by atoms with van der Waals surface area (Å²) < 4.78 is 27.6. The van der Waals surface area contributed by atoms with Gasteiger partial charge in [0.2, 0.25) is 0 Å². The van der Waals surface area contributed by atoms with E-state index in [0.29, 0.717) is 4.47 Å². The maximum atomic E-state index is 11.5.